The van der Waals surface area contributed by atoms with E-state index in [0.29, 0.717) is 17.7 Å². The first-order chi connectivity index (χ1) is 13.1. The number of likely N-dealkylation sites (tertiary alicyclic amines) is 1. The van der Waals surface area contributed by atoms with Gasteiger partial charge in [0.25, 0.3) is 0 Å². The molecular formula is C20H29N5OS. The second-order valence-electron chi connectivity index (χ2n) is 7.18. The van der Waals surface area contributed by atoms with Crippen molar-refractivity contribution in [1.29, 1.82) is 0 Å². The van der Waals surface area contributed by atoms with Crippen LogP contribution >= 0.6 is 11.3 Å². The molecule has 27 heavy (non-hydrogen) atoms. The maximum atomic E-state index is 12.1. The van der Waals surface area contributed by atoms with Crippen molar-refractivity contribution >= 4 is 28.2 Å². The number of nitrogens with one attached hydrogen (secondary N) is 2. The molecule has 146 valence electrons. The highest BCUT2D eigenvalue weighted by atomic mass is 32.1. The lowest BCUT2D eigenvalue weighted by atomic mass is 10.0. The van der Waals surface area contributed by atoms with Gasteiger partial charge in [-0.25, -0.2) is 9.78 Å². The summed E-state index contributed by atoms with van der Waals surface area (Å²) in [5, 5.41) is 8.39. The molecule has 0 spiro atoms. The zero-order chi connectivity index (χ0) is 19.1. The summed E-state index contributed by atoms with van der Waals surface area (Å²) in [5.41, 5.74) is 8.68. The number of aromatic nitrogens is 1. The molecule has 6 nitrogen and oxygen atoms in total. The minimum atomic E-state index is -0.170. The third-order valence-corrected chi connectivity index (χ3v) is 5.70. The summed E-state index contributed by atoms with van der Waals surface area (Å²) < 4.78 is 0. The SMILES string of the molecule is C[C@H]1CCCCN1Cc1cccc(NC(=O)NCCCc2csc(N)n2)c1. The topological polar surface area (TPSA) is 83.3 Å². The Hall–Kier alpha value is -2.12. The Balaban J connectivity index is 1.42. The van der Waals surface area contributed by atoms with Gasteiger partial charge in [0, 0.05) is 30.2 Å². The highest BCUT2D eigenvalue weighted by Crippen LogP contribution is 2.20. The number of nitrogens with zero attached hydrogens (tertiary/aromatic N) is 2. The number of hydrogen-bond acceptors (Lipinski definition) is 5. The predicted molar refractivity (Wildman–Crippen MR) is 112 cm³/mol. The van der Waals surface area contributed by atoms with Crippen LogP contribution in [0.5, 0.6) is 0 Å². The number of urea groups is 1. The number of anilines is 2. The molecule has 0 bridgehead atoms. The van der Waals surface area contributed by atoms with Crippen LogP contribution in [0, 0.1) is 0 Å². The molecule has 0 saturated carbocycles. The zero-order valence-electron chi connectivity index (χ0n) is 15.9. The standard InChI is InChI=1S/C20H29N5OS/c1-15-6-2-3-11-25(15)13-16-7-4-8-17(12-16)24-20(26)22-10-5-9-18-14-27-19(21)23-18/h4,7-8,12,14-15H,2-3,5-6,9-11,13H2,1H3,(H2,21,23)(H2,22,24,26)/t15-/m0/s1. The molecule has 3 rings (SSSR count). The number of benzene rings is 1. The van der Waals surface area contributed by atoms with Crippen LogP contribution in [0.4, 0.5) is 15.6 Å². The van der Waals surface area contributed by atoms with Crippen LogP contribution in [-0.4, -0.2) is 35.0 Å². The lowest BCUT2D eigenvalue weighted by molar-refractivity contribution is 0.152. The fraction of sp³-hybridized carbons (Fsp3) is 0.500. The number of thiazole rings is 1. The minimum absolute atomic E-state index is 0.170. The van der Waals surface area contributed by atoms with Crippen LogP contribution < -0.4 is 16.4 Å². The minimum Gasteiger partial charge on any atom is -0.375 e. The molecule has 2 aromatic rings. The van der Waals surface area contributed by atoms with Gasteiger partial charge in [0.2, 0.25) is 0 Å². The van der Waals surface area contributed by atoms with Crippen LogP contribution in [0.3, 0.4) is 0 Å². The molecule has 1 aliphatic heterocycles. The summed E-state index contributed by atoms with van der Waals surface area (Å²) in [4.78, 5) is 18.9. The largest absolute Gasteiger partial charge is 0.375 e. The number of hydrogen-bond donors (Lipinski definition) is 3. The highest BCUT2D eigenvalue weighted by Gasteiger charge is 2.18. The van der Waals surface area contributed by atoms with Gasteiger partial charge in [0.1, 0.15) is 0 Å². The zero-order valence-corrected chi connectivity index (χ0v) is 16.7. The monoisotopic (exact) mass is 387 g/mol. The second-order valence-corrected chi connectivity index (χ2v) is 8.07. The van der Waals surface area contributed by atoms with Crippen molar-refractivity contribution in [2.24, 2.45) is 0 Å². The Morgan fingerprint density at radius 1 is 1.41 bits per heavy atom. The van der Waals surface area contributed by atoms with Gasteiger partial charge < -0.3 is 16.4 Å². The molecular weight excluding hydrogens is 358 g/mol. The van der Waals surface area contributed by atoms with Gasteiger partial charge >= 0.3 is 6.03 Å². The van der Waals surface area contributed by atoms with E-state index in [-0.39, 0.29) is 6.03 Å². The van der Waals surface area contributed by atoms with E-state index in [1.807, 2.05) is 17.5 Å². The molecule has 1 atom stereocenters. The number of nitrogen functional groups attached to an aromatic ring is 1. The van der Waals surface area contributed by atoms with E-state index in [1.165, 1.54) is 36.2 Å². The van der Waals surface area contributed by atoms with Crippen molar-refractivity contribution < 1.29 is 4.79 Å². The van der Waals surface area contributed by atoms with E-state index in [9.17, 15) is 4.79 Å². The van der Waals surface area contributed by atoms with Gasteiger partial charge in [-0.05, 0) is 56.8 Å². The van der Waals surface area contributed by atoms with Crippen molar-refractivity contribution in [1.82, 2.24) is 15.2 Å². The van der Waals surface area contributed by atoms with Crippen molar-refractivity contribution in [3.05, 3.63) is 40.9 Å². The van der Waals surface area contributed by atoms with E-state index in [1.54, 1.807) is 0 Å². The number of rotatable bonds is 7. The molecule has 0 aliphatic carbocycles. The van der Waals surface area contributed by atoms with Gasteiger partial charge in [-0.1, -0.05) is 18.6 Å². The molecule has 1 aromatic carbocycles. The Kier molecular flexibility index (Phi) is 7.06. The van der Waals surface area contributed by atoms with E-state index >= 15 is 0 Å². The summed E-state index contributed by atoms with van der Waals surface area (Å²) in [5.74, 6) is 0. The first kappa shape index (κ1) is 19.6. The van der Waals surface area contributed by atoms with Crippen molar-refractivity contribution in [3.8, 4) is 0 Å². The molecule has 7 heteroatoms. The Morgan fingerprint density at radius 2 is 2.30 bits per heavy atom. The summed E-state index contributed by atoms with van der Waals surface area (Å²) in [6.45, 7) is 5.00. The van der Waals surface area contributed by atoms with Crippen LogP contribution in [-0.2, 0) is 13.0 Å². The fourth-order valence-corrected chi connectivity index (χ4v) is 4.06. The Labute approximate surface area is 165 Å². The highest BCUT2D eigenvalue weighted by molar-refractivity contribution is 7.13. The van der Waals surface area contributed by atoms with Crippen LogP contribution in [0.2, 0.25) is 0 Å². The Morgan fingerprint density at radius 3 is 3.07 bits per heavy atom. The molecule has 4 N–H and O–H groups in total. The molecule has 2 amide bonds. The fourth-order valence-electron chi connectivity index (χ4n) is 3.46. The predicted octanol–water partition coefficient (Wildman–Crippen LogP) is 3.85. The maximum absolute atomic E-state index is 12.1. The number of piperidine rings is 1. The van der Waals surface area contributed by atoms with Crippen molar-refractivity contribution in [2.75, 3.05) is 24.1 Å². The molecule has 1 aliphatic rings. The number of carbonyl (C=O) groups excluding carboxylic acids is 1. The average molecular weight is 388 g/mol. The average Bonchev–Trinajstić information content (AvgIpc) is 3.06. The Bertz CT molecular complexity index is 747. The van der Waals surface area contributed by atoms with Gasteiger partial charge in [-0.3, -0.25) is 4.90 Å². The summed E-state index contributed by atoms with van der Waals surface area (Å²) in [7, 11) is 0. The van der Waals surface area contributed by atoms with Gasteiger partial charge in [0.05, 0.1) is 5.69 Å². The lowest BCUT2D eigenvalue weighted by Gasteiger charge is -2.33. The van der Waals surface area contributed by atoms with E-state index in [2.05, 4.69) is 39.6 Å². The number of nitrogens with two attached hydrogens (primary N) is 1. The van der Waals surface area contributed by atoms with E-state index in [0.717, 1.165) is 37.3 Å². The van der Waals surface area contributed by atoms with E-state index < -0.39 is 0 Å². The van der Waals surface area contributed by atoms with Gasteiger partial charge in [0.15, 0.2) is 5.13 Å². The van der Waals surface area contributed by atoms with Gasteiger partial charge in [-0.15, -0.1) is 11.3 Å². The second kappa shape index (κ2) is 9.71. The van der Waals surface area contributed by atoms with Crippen molar-refractivity contribution in [2.45, 2.75) is 51.6 Å². The van der Waals surface area contributed by atoms with Crippen LogP contribution in [0.25, 0.3) is 0 Å². The summed E-state index contributed by atoms with van der Waals surface area (Å²) >= 11 is 1.45. The third-order valence-electron chi connectivity index (χ3n) is 4.98. The van der Waals surface area contributed by atoms with Crippen molar-refractivity contribution in [3.63, 3.8) is 0 Å². The molecule has 1 fully saturated rings. The number of amides is 2. The molecule has 0 unspecified atom stereocenters. The normalized spacial score (nSPS) is 17.6. The first-order valence-electron chi connectivity index (χ1n) is 9.68. The molecule has 0 radical (unpaired) electrons. The lowest BCUT2D eigenvalue weighted by Crippen LogP contribution is -2.36. The summed E-state index contributed by atoms with van der Waals surface area (Å²) in [6.07, 6.45) is 5.53. The van der Waals surface area contributed by atoms with E-state index in [4.69, 9.17) is 5.73 Å². The molecule has 2 heterocycles. The molecule has 1 aromatic heterocycles. The van der Waals surface area contributed by atoms with Crippen LogP contribution in [0.1, 0.15) is 43.9 Å². The number of carbonyl (C=O) groups is 1. The summed E-state index contributed by atoms with van der Waals surface area (Å²) in [6, 6.07) is 8.60. The molecule has 1 saturated heterocycles. The van der Waals surface area contributed by atoms with Crippen LogP contribution in [0.15, 0.2) is 29.6 Å². The smallest absolute Gasteiger partial charge is 0.319 e. The maximum Gasteiger partial charge on any atom is 0.319 e. The first-order valence-corrected chi connectivity index (χ1v) is 10.6. The quantitative estimate of drug-likeness (QED) is 0.630. The van der Waals surface area contributed by atoms with Gasteiger partial charge in [-0.2, -0.15) is 0 Å². The third kappa shape index (κ3) is 6.22. The number of aryl methyl sites for hydroxylation is 1.